The molecule has 0 radical (unpaired) electrons. The first kappa shape index (κ1) is 30.4. The van der Waals surface area contributed by atoms with Gasteiger partial charge in [0.1, 0.15) is 0 Å². The van der Waals surface area contributed by atoms with Gasteiger partial charge in [-0.2, -0.15) is 0 Å². The van der Waals surface area contributed by atoms with Gasteiger partial charge in [0.2, 0.25) is 0 Å². The summed E-state index contributed by atoms with van der Waals surface area (Å²) in [5.74, 6) is 0. The van der Waals surface area contributed by atoms with E-state index in [9.17, 15) is 0 Å². The number of fused-ring (bicyclic) bond motifs is 4. The fraction of sp³-hybridized carbons (Fsp3) is 0.302. The zero-order valence-electron chi connectivity index (χ0n) is 29.3. The molecule has 5 aromatic rings. The van der Waals surface area contributed by atoms with Crippen molar-refractivity contribution in [2.75, 3.05) is 10.2 Å². The van der Waals surface area contributed by atoms with Crippen LogP contribution in [0.25, 0.3) is 11.1 Å². The quantitative estimate of drug-likeness (QED) is 0.198. The summed E-state index contributed by atoms with van der Waals surface area (Å²) in [7, 11) is 0. The van der Waals surface area contributed by atoms with Crippen LogP contribution in [0.4, 0.5) is 28.4 Å². The van der Waals surface area contributed by atoms with Gasteiger partial charge in [-0.1, -0.05) is 129 Å². The number of benzene rings is 5. The highest BCUT2D eigenvalue weighted by atomic mass is 15.2. The van der Waals surface area contributed by atoms with Crippen LogP contribution in [0.5, 0.6) is 0 Å². The third-order valence-electron chi connectivity index (χ3n) is 9.92. The second-order valence-corrected chi connectivity index (χ2v) is 16.5. The molecule has 46 heavy (non-hydrogen) atoms. The number of rotatable bonds is 2. The highest BCUT2D eigenvalue weighted by molar-refractivity contribution is 7.00. The second-order valence-electron chi connectivity index (χ2n) is 16.5. The Morgan fingerprint density at radius 1 is 0.565 bits per heavy atom. The molecule has 1 N–H and O–H groups in total. The molecule has 0 spiro atoms. The van der Waals surface area contributed by atoms with Gasteiger partial charge in [-0.15, -0.1) is 0 Å². The number of hydrogen-bond donors (Lipinski definition) is 1. The first-order valence-corrected chi connectivity index (χ1v) is 16.8. The van der Waals surface area contributed by atoms with Crippen LogP contribution in [0, 0.1) is 6.92 Å². The van der Waals surface area contributed by atoms with E-state index in [4.69, 9.17) is 0 Å². The summed E-state index contributed by atoms with van der Waals surface area (Å²) in [5, 5.41) is 4.01. The van der Waals surface area contributed by atoms with E-state index in [1.165, 1.54) is 78.2 Å². The largest absolute Gasteiger partial charge is 0.356 e. The summed E-state index contributed by atoms with van der Waals surface area (Å²) in [6.07, 6.45) is 0. The Kier molecular flexibility index (Phi) is 6.87. The molecule has 0 fully saturated rings. The van der Waals surface area contributed by atoms with E-state index in [1.54, 1.807) is 0 Å². The van der Waals surface area contributed by atoms with Crippen molar-refractivity contribution in [2.24, 2.45) is 0 Å². The summed E-state index contributed by atoms with van der Waals surface area (Å²) in [5.41, 5.74) is 18.2. The Bertz CT molecular complexity index is 1970. The number of anilines is 5. The highest BCUT2D eigenvalue weighted by Gasteiger charge is 2.41. The maximum absolute atomic E-state index is 4.01. The summed E-state index contributed by atoms with van der Waals surface area (Å²) in [6.45, 7) is 23.2. The molecule has 0 aliphatic carbocycles. The third-order valence-corrected chi connectivity index (χ3v) is 9.92. The Labute approximate surface area is 277 Å². The van der Waals surface area contributed by atoms with Crippen molar-refractivity contribution in [3.05, 3.63) is 119 Å². The lowest BCUT2D eigenvalue weighted by Crippen LogP contribution is -2.60. The minimum absolute atomic E-state index is 0.0279. The lowest BCUT2D eigenvalue weighted by molar-refractivity contribution is 0.569. The smallest absolute Gasteiger partial charge is 0.252 e. The van der Waals surface area contributed by atoms with Crippen molar-refractivity contribution in [1.29, 1.82) is 0 Å². The zero-order valence-corrected chi connectivity index (χ0v) is 29.3. The zero-order chi connectivity index (χ0) is 32.8. The summed E-state index contributed by atoms with van der Waals surface area (Å²) < 4.78 is 0. The van der Waals surface area contributed by atoms with Crippen LogP contribution in [0.3, 0.4) is 0 Å². The average molecular weight is 603 g/mol. The first-order chi connectivity index (χ1) is 21.6. The molecule has 2 aliphatic heterocycles. The summed E-state index contributed by atoms with van der Waals surface area (Å²) in [6, 6.07) is 36.9. The van der Waals surface area contributed by atoms with Crippen molar-refractivity contribution in [2.45, 2.75) is 85.5 Å². The van der Waals surface area contributed by atoms with E-state index in [-0.39, 0.29) is 23.0 Å². The molecule has 3 heteroatoms. The van der Waals surface area contributed by atoms with Gasteiger partial charge >= 0.3 is 0 Å². The van der Waals surface area contributed by atoms with Gasteiger partial charge in [-0.05, 0) is 97.7 Å². The molecule has 0 unspecified atom stereocenters. The van der Waals surface area contributed by atoms with E-state index < -0.39 is 0 Å². The molecule has 0 saturated heterocycles. The van der Waals surface area contributed by atoms with Crippen molar-refractivity contribution in [3.63, 3.8) is 0 Å². The molecular formula is C43H47BN2. The predicted octanol–water partition coefficient (Wildman–Crippen LogP) is 9.91. The van der Waals surface area contributed by atoms with Crippen molar-refractivity contribution in [3.8, 4) is 11.1 Å². The molecule has 0 atom stereocenters. The summed E-state index contributed by atoms with van der Waals surface area (Å²) >= 11 is 0. The molecule has 5 aromatic carbocycles. The minimum Gasteiger partial charge on any atom is -0.356 e. The fourth-order valence-corrected chi connectivity index (χ4v) is 7.48. The van der Waals surface area contributed by atoms with Gasteiger partial charge in [0.05, 0.1) is 0 Å². The molecule has 7 rings (SSSR count). The Morgan fingerprint density at radius 3 is 1.85 bits per heavy atom. The van der Waals surface area contributed by atoms with E-state index in [0.29, 0.717) is 0 Å². The minimum atomic E-state index is 0.0279. The van der Waals surface area contributed by atoms with Gasteiger partial charge in [0.25, 0.3) is 6.71 Å². The van der Waals surface area contributed by atoms with E-state index in [1.807, 2.05) is 0 Å². The van der Waals surface area contributed by atoms with Crippen LogP contribution in [-0.2, 0) is 16.2 Å². The maximum atomic E-state index is 4.01. The first-order valence-electron chi connectivity index (χ1n) is 16.8. The van der Waals surface area contributed by atoms with Gasteiger partial charge in [-0.3, -0.25) is 0 Å². The fourth-order valence-electron chi connectivity index (χ4n) is 7.48. The maximum Gasteiger partial charge on any atom is 0.252 e. The molecule has 232 valence electrons. The lowest BCUT2D eigenvalue weighted by atomic mass is 9.33. The SMILES string of the molecule is Cc1cc2c3c(c1)N(c1cc(C(C)(C)C)cc(C(C)(C)C)c1)c1ccccc1B3c1cccc(-c3ccccc3C(C)(C)C)c1N2. The van der Waals surface area contributed by atoms with Crippen LogP contribution in [0.15, 0.2) is 97.1 Å². The van der Waals surface area contributed by atoms with E-state index in [0.717, 1.165) is 0 Å². The standard InChI is InChI=1S/C43H47BN2/c1-27-22-36-39-38(23-27)46(30-25-28(41(2,3)4)24-29(26-30)42(5,6)7)37-21-14-13-19-34(37)44(39)35-20-15-17-32(40(35)45-36)31-16-11-12-18-33(31)43(8,9)10/h11-26,45H,1-10H3. The van der Waals surface area contributed by atoms with Gasteiger partial charge in [-0.25, -0.2) is 0 Å². The molecule has 2 nitrogen and oxygen atoms in total. The van der Waals surface area contributed by atoms with Gasteiger partial charge in [0, 0.05) is 34.0 Å². The Balaban J connectivity index is 1.50. The van der Waals surface area contributed by atoms with Crippen LogP contribution in [-0.4, -0.2) is 6.71 Å². The number of hydrogen-bond acceptors (Lipinski definition) is 2. The van der Waals surface area contributed by atoms with Gasteiger partial charge in [0.15, 0.2) is 0 Å². The molecule has 0 saturated carbocycles. The van der Waals surface area contributed by atoms with Crippen LogP contribution in [0.2, 0.25) is 0 Å². The molecular weight excluding hydrogens is 555 g/mol. The van der Waals surface area contributed by atoms with Crippen molar-refractivity contribution >= 4 is 51.5 Å². The molecule has 2 heterocycles. The van der Waals surface area contributed by atoms with Crippen LogP contribution < -0.4 is 26.6 Å². The number of nitrogens with zero attached hydrogens (tertiary/aromatic N) is 1. The Hall–Kier alpha value is -4.24. The number of aryl methyl sites for hydroxylation is 1. The second kappa shape index (κ2) is 10.4. The van der Waals surface area contributed by atoms with E-state index >= 15 is 0 Å². The molecule has 0 aromatic heterocycles. The monoisotopic (exact) mass is 602 g/mol. The molecule has 0 amide bonds. The predicted molar refractivity (Wildman–Crippen MR) is 202 cm³/mol. The number of nitrogens with one attached hydrogen (secondary N) is 1. The normalized spacial score (nSPS) is 14.0. The number of para-hydroxylation sites is 2. The average Bonchev–Trinajstić information content (AvgIpc) is 2.99. The van der Waals surface area contributed by atoms with Crippen LogP contribution >= 0.6 is 0 Å². The third kappa shape index (κ3) is 4.96. The topological polar surface area (TPSA) is 15.3 Å². The molecule has 0 bridgehead atoms. The Morgan fingerprint density at radius 2 is 1.17 bits per heavy atom. The van der Waals surface area contributed by atoms with Crippen molar-refractivity contribution in [1.82, 2.24) is 0 Å². The van der Waals surface area contributed by atoms with Crippen LogP contribution in [0.1, 0.15) is 84.6 Å². The lowest BCUT2D eigenvalue weighted by Gasteiger charge is -2.42. The molecule has 2 aliphatic rings. The van der Waals surface area contributed by atoms with Gasteiger partial charge < -0.3 is 10.2 Å². The van der Waals surface area contributed by atoms with E-state index in [2.05, 4.69) is 177 Å². The van der Waals surface area contributed by atoms with Crippen molar-refractivity contribution < 1.29 is 0 Å². The summed E-state index contributed by atoms with van der Waals surface area (Å²) in [4.78, 5) is 2.54. The highest BCUT2D eigenvalue weighted by Crippen LogP contribution is 2.44.